The molecule has 1 fully saturated rings. The third-order valence-electron chi connectivity index (χ3n) is 4.81. The van der Waals surface area contributed by atoms with Crippen LogP contribution in [0.25, 0.3) is 0 Å². The molecule has 0 atom stereocenters. The first-order valence-electron chi connectivity index (χ1n) is 9.43. The number of halogens is 5. The summed E-state index contributed by atoms with van der Waals surface area (Å²) in [5.41, 5.74) is 0.0860. The van der Waals surface area contributed by atoms with Crippen molar-refractivity contribution < 1.29 is 18.0 Å². The van der Waals surface area contributed by atoms with E-state index in [0.717, 1.165) is 24.2 Å². The van der Waals surface area contributed by atoms with Crippen LogP contribution in [0.4, 0.5) is 19.0 Å². The van der Waals surface area contributed by atoms with Gasteiger partial charge in [0.05, 0.1) is 17.1 Å². The zero-order valence-electron chi connectivity index (χ0n) is 16.1. The maximum Gasteiger partial charge on any atom is 0.417 e. The number of nitrogens with zero attached hydrogens (tertiary/aromatic N) is 3. The highest BCUT2D eigenvalue weighted by atomic mass is 35.5. The summed E-state index contributed by atoms with van der Waals surface area (Å²) in [7, 11) is 0. The van der Waals surface area contributed by atoms with Gasteiger partial charge in [0.1, 0.15) is 5.82 Å². The Morgan fingerprint density at radius 3 is 2.50 bits per heavy atom. The third-order valence-corrected chi connectivity index (χ3v) is 5.34. The zero-order valence-corrected chi connectivity index (χ0v) is 17.6. The molecule has 1 aliphatic heterocycles. The van der Waals surface area contributed by atoms with E-state index in [1.54, 1.807) is 12.1 Å². The Morgan fingerprint density at radius 2 is 1.83 bits per heavy atom. The monoisotopic (exact) mass is 460 g/mol. The first-order chi connectivity index (χ1) is 14.2. The molecule has 0 aliphatic carbocycles. The minimum Gasteiger partial charge on any atom is -0.354 e. The van der Waals surface area contributed by atoms with Crippen molar-refractivity contribution in [1.82, 2.24) is 15.2 Å². The summed E-state index contributed by atoms with van der Waals surface area (Å²) in [4.78, 5) is 20.1. The quantitative estimate of drug-likeness (QED) is 0.724. The summed E-state index contributed by atoms with van der Waals surface area (Å²) >= 11 is 11.9. The molecule has 1 aromatic heterocycles. The van der Waals surface area contributed by atoms with Crippen molar-refractivity contribution in [2.45, 2.75) is 19.1 Å². The lowest BCUT2D eigenvalue weighted by atomic mass is 10.2. The number of rotatable bonds is 5. The maximum absolute atomic E-state index is 12.8. The van der Waals surface area contributed by atoms with Crippen molar-refractivity contribution in [3.63, 3.8) is 0 Å². The van der Waals surface area contributed by atoms with E-state index in [-0.39, 0.29) is 17.5 Å². The van der Waals surface area contributed by atoms with Crippen LogP contribution in [0, 0.1) is 0 Å². The van der Waals surface area contributed by atoms with Crippen LogP contribution in [-0.4, -0.2) is 48.5 Å². The second-order valence-corrected chi connectivity index (χ2v) is 7.89. The lowest BCUT2D eigenvalue weighted by molar-refractivity contribution is -0.137. The molecule has 1 saturated heterocycles. The molecular weight excluding hydrogens is 440 g/mol. The van der Waals surface area contributed by atoms with Gasteiger partial charge < -0.3 is 10.2 Å². The summed E-state index contributed by atoms with van der Waals surface area (Å²) in [6.07, 6.45) is -2.94. The summed E-state index contributed by atoms with van der Waals surface area (Å²) < 4.78 is 38.4. The fourth-order valence-corrected chi connectivity index (χ4v) is 3.63. The van der Waals surface area contributed by atoms with Gasteiger partial charge >= 0.3 is 6.18 Å². The van der Waals surface area contributed by atoms with Crippen molar-refractivity contribution in [2.24, 2.45) is 0 Å². The number of anilines is 1. The van der Waals surface area contributed by atoms with E-state index >= 15 is 0 Å². The molecular formula is C20H21Cl2F3N4O. The van der Waals surface area contributed by atoms with E-state index in [2.05, 4.69) is 10.3 Å². The maximum atomic E-state index is 12.8. The van der Waals surface area contributed by atoms with Crippen molar-refractivity contribution in [3.8, 4) is 0 Å². The van der Waals surface area contributed by atoms with Crippen LogP contribution in [0.5, 0.6) is 0 Å². The molecule has 1 N–H and O–H groups in total. The standard InChI is InChI=1S/C20H21Cl2F3N4O/c21-16-4-2-14(3-5-16)11-26-18(30)13-28-6-1-7-29(9-8-28)19-17(22)10-15(12-27-19)20(23,24)25/h2-5,10,12H,1,6-9,11,13H2,(H,26,30). The van der Waals surface area contributed by atoms with Crippen LogP contribution in [0.2, 0.25) is 10.0 Å². The van der Waals surface area contributed by atoms with Crippen molar-refractivity contribution >= 4 is 34.9 Å². The summed E-state index contributed by atoms with van der Waals surface area (Å²) in [6, 6.07) is 8.15. The van der Waals surface area contributed by atoms with Crippen LogP contribution in [0.15, 0.2) is 36.5 Å². The fourth-order valence-electron chi connectivity index (χ4n) is 3.22. The Bertz CT molecular complexity index is 877. The number of pyridine rings is 1. The van der Waals surface area contributed by atoms with Gasteiger partial charge in [0.2, 0.25) is 5.91 Å². The number of hydrogen-bond acceptors (Lipinski definition) is 4. The van der Waals surface area contributed by atoms with Crippen LogP contribution in [-0.2, 0) is 17.5 Å². The number of amides is 1. The average Bonchev–Trinajstić information content (AvgIpc) is 2.92. The number of benzene rings is 1. The highest BCUT2D eigenvalue weighted by molar-refractivity contribution is 6.33. The van der Waals surface area contributed by atoms with E-state index in [9.17, 15) is 18.0 Å². The van der Waals surface area contributed by atoms with Gasteiger partial charge in [-0.3, -0.25) is 9.69 Å². The Labute approximate surface area is 182 Å². The van der Waals surface area contributed by atoms with E-state index in [0.29, 0.717) is 43.6 Å². The van der Waals surface area contributed by atoms with E-state index in [1.165, 1.54) is 0 Å². The molecule has 3 rings (SSSR count). The zero-order chi connectivity index (χ0) is 21.7. The Kier molecular flexibility index (Phi) is 7.44. The van der Waals surface area contributed by atoms with Gasteiger partial charge in [-0.15, -0.1) is 0 Å². The summed E-state index contributed by atoms with van der Waals surface area (Å²) in [5.74, 6) is 0.239. The summed E-state index contributed by atoms with van der Waals surface area (Å²) in [6.45, 7) is 3.05. The number of carbonyl (C=O) groups excluding carboxylic acids is 1. The molecule has 2 aromatic rings. The van der Waals surface area contributed by atoms with Gasteiger partial charge in [-0.05, 0) is 30.2 Å². The lowest BCUT2D eigenvalue weighted by Gasteiger charge is -2.23. The predicted octanol–water partition coefficient (Wildman–Crippen LogP) is 4.24. The van der Waals surface area contributed by atoms with E-state index < -0.39 is 11.7 Å². The van der Waals surface area contributed by atoms with Crippen molar-refractivity contribution in [3.05, 3.63) is 57.7 Å². The minimum atomic E-state index is -4.48. The first kappa shape index (κ1) is 22.7. The Hall–Kier alpha value is -2.03. The molecule has 0 bridgehead atoms. The minimum absolute atomic E-state index is 0.0287. The summed E-state index contributed by atoms with van der Waals surface area (Å²) in [5, 5.41) is 3.49. The third kappa shape index (κ3) is 6.23. The molecule has 0 spiro atoms. The molecule has 0 saturated carbocycles. The lowest BCUT2D eigenvalue weighted by Crippen LogP contribution is -2.39. The van der Waals surface area contributed by atoms with E-state index in [1.807, 2.05) is 21.9 Å². The first-order valence-corrected chi connectivity index (χ1v) is 10.2. The second-order valence-electron chi connectivity index (χ2n) is 7.05. The molecule has 162 valence electrons. The largest absolute Gasteiger partial charge is 0.417 e. The topological polar surface area (TPSA) is 48.5 Å². The molecule has 30 heavy (non-hydrogen) atoms. The van der Waals surface area contributed by atoms with Gasteiger partial charge in [-0.2, -0.15) is 13.2 Å². The Balaban J connectivity index is 1.52. The molecule has 0 radical (unpaired) electrons. The second kappa shape index (κ2) is 9.85. The molecule has 2 heterocycles. The number of alkyl halides is 3. The molecule has 5 nitrogen and oxygen atoms in total. The van der Waals surface area contributed by atoms with Gasteiger partial charge in [-0.25, -0.2) is 4.98 Å². The molecule has 0 unspecified atom stereocenters. The fraction of sp³-hybridized carbons (Fsp3) is 0.400. The van der Waals surface area contributed by atoms with Crippen LogP contribution >= 0.6 is 23.2 Å². The SMILES string of the molecule is O=C(CN1CCCN(c2ncc(C(F)(F)F)cc2Cl)CC1)NCc1ccc(Cl)cc1. The Morgan fingerprint density at radius 1 is 1.10 bits per heavy atom. The highest BCUT2D eigenvalue weighted by Gasteiger charge is 2.32. The predicted molar refractivity (Wildman–Crippen MR) is 111 cm³/mol. The number of aromatic nitrogens is 1. The normalized spacial score (nSPS) is 15.7. The average molecular weight is 461 g/mol. The van der Waals surface area contributed by atoms with E-state index in [4.69, 9.17) is 23.2 Å². The van der Waals surface area contributed by atoms with Crippen molar-refractivity contribution in [1.29, 1.82) is 0 Å². The van der Waals surface area contributed by atoms with Gasteiger partial charge in [0.15, 0.2) is 0 Å². The van der Waals surface area contributed by atoms with Crippen LogP contribution in [0.1, 0.15) is 17.5 Å². The van der Waals surface area contributed by atoms with Gasteiger partial charge in [0.25, 0.3) is 0 Å². The number of carbonyl (C=O) groups is 1. The molecule has 1 amide bonds. The highest BCUT2D eigenvalue weighted by Crippen LogP contribution is 2.33. The van der Waals surface area contributed by atoms with Gasteiger partial charge in [0, 0.05) is 43.9 Å². The van der Waals surface area contributed by atoms with Gasteiger partial charge in [-0.1, -0.05) is 35.3 Å². The smallest absolute Gasteiger partial charge is 0.354 e. The molecule has 10 heteroatoms. The molecule has 1 aromatic carbocycles. The van der Waals surface area contributed by atoms with Crippen LogP contribution in [0.3, 0.4) is 0 Å². The number of hydrogen-bond donors (Lipinski definition) is 1. The number of nitrogens with one attached hydrogen (secondary N) is 1. The molecule has 1 aliphatic rings. The van der Waals surface area contributed by atoms with Crippen molar-refractivity contribution in [2.75, 3.05) is 37.6 Å². The van der Waals surface area contributed by atoms with Crippen LogP contribution < -0.4 is 10.2 Å².